The average Bonchev–Trinajstić information content (AvgIpc) is 3.46. The van der Waals surface area contributed by atoms with E-state index >= 15 is 0 Å². The SMILES string of the molecule is CCOC(=O)C1=NN(c2cccc(C(F)(F)F)c2)C2=NC(C)=C(C(=O)OC)[C@H](c3cccs3)N12. The maximum absolute atomic E-state index is 13.4. The van der Waals surface area contributed by atoms with Gasteiger partial charge in [-0.3, -0.25) is 4.90 Å². The maximum Gasteiger partial charge on any atom is 0.416 e. The number of allylic oxidation sites excluding steroid dienone is 1. The van der Waals surface area contributed by atoms with Crippen LogP contribution in [0.1, 0.15) is 30.3 Å². The van der Waals surface area contributed by atoms with E-state index in [2.05, 4.69) is 10.1 Å². The molecule has 0 spiro atoms. The minimum absolute atomic E-state index is 0.0390. The van der Waals surface area contributed by atoms with Crippen molar-refractivity contribution in [2.24, 2.45) is 10.1 Å². The molecule has 0 unspecified atom stereocenters. The number of carbonyl (C=O) groups excluding carboxylic acids is 2. The van der Waals surface area contributed by atoms with E-state index in [-0.39, 0.29) is 35.4 Å². The highest BCUT2D eigenvalue weighted by Gasteiger charge is 2.48. The Bertz CT molecular complexity index is 1220. The van der Waals surface area contributed by atoms with Crippen molar-refractivity contribution < 1.29 is 32.2 Å². The lowest BCUT2D eigenvalue weighted by atomic mass is 10.00. The van der Waals surface area contributed by atoms with Gasteiger partial charge in [-0.15, -0.1) is 16.4 Å². The van der Waals surface area contributed by atoms with Crippen LogP contribution in [0.3, 0.4) is 0 Å². The van der Waals surface area contributed by atoms with Crippen molar-refractivity contribution in [2.75, 3.05) is 18.7 Å². The van der Waals surface area contributed by atoms with Gasteiger partial charge in [0.25, 0.3) is 0 Å². The molecule has 0 N–H and O–H groups in total. The van der Waals surface area contributed by atoms with Crippen molar-refractivity contribution in [2.45, 2.75) is 26.1 Å². The first-order valence-electron chi connectivity index (χ1n) is 10.1. The molecular formula is C22H19F3N4O4S. The van der Waals surface area contributed by atoms with Gasteiger partial charge in [-0.05, 0) is 43.5 Å². The highest BCUT2D eigenvalue weighted by atomic mass is 32.1. The van der Waals surface area contributed by atoms with Crippen LogP contribution in [0, 0.1) is 0 Å². The summed E-state index contributed by atoms with van der Waals surface area (Å²) in [5, 5.41) is 7.22. The molecule has 12 heteroatoms. The molecule has 0 saturated carbocycles. The van der Waals surface area contributed by atoms with Gasteiger partial charge in [0, 0.05) is 4.88 Å². The average molecular weight is 492 g/mol. The summed E-state index contributed by atoms with van der Waals surface area (Å²) in [7, 11) is 1.23. The van der Waals surface area contributed by atoms with E-state index in [4.69, 9.17) is 9.47 Å². The number of rotatable bonds is 5. The Labute approximate surface area is 196 Å². The van der Waals surface area contributed by atoms with Gasteiger partial charge < -0.3 is 9.47 Å². The molecule has 1 aromatic heterocycles. The number of hydrogen-bond donors (Lipinski definition) is 0. The van der Waals surface area contributed by atoms with Crippen molar-refractivity contribution in [1.82, 2.24) is 4.90 Å². The number of guanidine groups is 1. The zero-order chi connectivity index (χ0) is 24.6. The molecule has 2 aliphatic heterocycles. The fourth-order valence-corrected chi connectivity index (χ4v) is 4.49. The molecule has 0 amide bonds. The number of nitrogens with zero attached hydrogens (tertiary/aromatic N) is 4. The van der Waals surface area contributed by atoms with Gasteiger partial charge in [0.2, 0.25) is 11.8 Å². The van der Waals surface area contributed by atoms with Crippen LogP contribution in [0.4, 0.5) is 18.9 Å². The number of aliphatic imine (C=N–C) groups is 1. The topological polar surface area (TPSA) is 83.8 Å². The Hall–Kier alpha value is -3.67. The smallest absolute Gasteiger partial charge is 0.416 e. The predicted molar refractivity (Wildman–Crippen MR) is 119 cm³/mol. The second kappa shape index (κ2) is 8.93. The van der Waals surface area contributed by atoms with Crippen LogP contribution < -0.4 is 5.01 Å². The molecule has 4 rings (SSSR count). The molecule has 1 atom stereocenters. The molecule has 0 radical (unpaired) electrons. The van der Waals surface area contributed by atoms with Crippen LogP contribution in [0.5, 0.6) is 0 Å². The zero-order valence-corrected chi connectivity index (χ0v) is 19.1. The monoisotopic (exact) mass is 492 g/mol. The summed E-state index contributed by atoms with van der Waals surface area (Å²) < 4.78 is 50.2. The van der Waals surface area contributed by atoms with Crippen molar-refractivity contribution in [3.8, 4) is 0 Å². The fraction of sp³-hybridized carbons (Fsp3) is 0.273. The Morgan fingerprint density at radius 3 is 2.56 bits per heavy atom. The first-order valence-corrected chi connectivity index (χ1v) is 11.0. The molecule has 2 aromatic rings. The molecular weight excluding hydrogens is 473 g/mol. The highest BCUT2D eigenvalue weighted by Crippen LogP contribution is 2.42. The lowest BCUT2D eigenvalue weighted by Crippen LogP contribution is -2.47. The molecule has 0 aliphatic carbocycles. The van der Waals surface area contributed by atoms with Gasteiger partial charge in [-0.1, -0.05) is 12.1 Å². The number of halogens is 3. The van der Waals surface area contributed by atoms with E-state index < -0.39 is 29.7 Å². The summed E-state index contributed by atoms with van der Waals surface area (Å²) in [6.45, 7) is 3.25. The number of hydrogen-bond acceptors (Lipinski definition) is 9. The number of anilines is 1. The largest absolute Gasteiger partial charge is 0.466 e. The highest BCUT2D eigenvalue weighted by molar-refractivity contribution is 7.10. The van der Waals surface area contributed by atoms with E-state index in [1.54, 1.807) is 31.4 Å². The third-order valence-electron chi connectivity index (χ3n) is 5.11. The molecule has 3 heterocycles. The number of esters is 2. The molecule has 34 heavy (non-hydrogen) atoms. The zero-order valence-electron chi connectivity index (χ0n) is 18.3. The summed E-state index contributed by atoms with van der Waals surface area (Å²) in [4.78, 5) is 32.1. The number of hydrazone groups is 1. The van der Waals surface area contributed by atoms with E-state index in [9.17, 15) is 22.8 Å². The number of amidine groups is 1. The van der Waals surface area contributed by atoms with E-state index in [1.165, 1.54) is 35.5 Å². The van der Waals surface area contributed by atoms with E-state index in [0.29, 0.717) is 4.88 Å². The lowest BCUT2D eigenvalue weighted by molar-refractivity contribution is -0.138. The molecule has 0 saturated heterocycles. The van der Waals surface area contributed by atoms with E-state index in [0.717, 1.165) is 17.1 Å². The predicted octanol–water partition coefficient (Wildman–Crippen LogP) is 4.32. The van der Waals surface area contributed by atoms with Gasteiger partial charge in [0.05, 0.1) is 36.2 Å². The van der Waals surface area contributed by atoms with Crippen LogP contribution in [0.15, 0.2) is 63.1 Å². The molecule has 2 aliphatic rings. The summed E-state index contributed by atoms with van der Waals surface area (Å²) in [5.41, 5.74) is -0.382. The number of benzene rings is 1. The normalized spacial score (nSPS) is 17.9. The number of methoxy groups -OCH3 is 1. The molecule has 8 nitrogen and oxygen atoms in total. The van der Waals surface area contributed by atoms with Crippen molar-refractivity contribution >= 4 is 40.8 Å². The third kappa shape index (κ3) is 4.04. The van der Waals surface area contributed by atoms with Crippen molar-refractivity contribution in [3.05, 3.63) is 63.5 Å². The summed E-state index contributed by atoms with van der Waals surface area (Å²) >= 11 is 1.33. The minimum atomic E-state index is -4.58. The molecule has 178 valence electrons. The van der Waals surface area contributed by atoms with Crippen LogP contribution in [0.25, 0.3) is 0 Å². The van der Waals surface area contributed by atoms with E-state index in [1.807, 2.05) is 0 Å². The lowest BCUT2D eigenvalue weighted by Gasteiger charge is -2.34. The number of ether oxygens (including phenoxy) is 2. The maximum atomic E-state index is 13.4. The second-order valence-corrected chi connectivity index (χ2v) is 8.17. The van der Waals surface area contributed by atoms with Crippen LogP contribution in [-0.2, 0) is 25.2 Å². The Balaban J connectivity index is 1.93. The number of alkyl halides is 3. The quantitative estimate of drug-likeness (QED) is 0.578. The molecule has 0 bridgehead atoms. The van der Waals surface area contributed by atoms with Gasteiger partial charge in [0.1, 0.15) is 6.04 Å². The standard InChI is InChI=1S/C22H19F3N4O4S/c1-4-33-20(31)18-27-29(14-8-5-7-13(11-14)22(23,24)25)21-26-12(2)16(19(30)32-3)17(28(18)21)15-9-6-10-34-15/h5-11,17H,4H2,1-3H3/t17-/m0/s1. The van der Waals surface area contributed by atoms with Crippen LogP contribution in [0.2, 0.25) is 0 Å². The summed E-state index contributed by atoms with van der Waals surface area (Å²) in [6.07, 6.45) is -4.58. The number of thiophene rings is 1. The summed E-state index contributed by atoms with van der Waals surface area (Å²) in [6, 6.07) is 7.20. The Kier molecular flexibility index (Phi) is 6.17. The van der Waals surface area contributed by atoms with Crippen LogP contribution >= 0.6 is 11.3 Å². The fourth-order valence-electron chi connectivity index (χ4n) is 3.67. The Morgan fingerprint density at radius 1 is 1.18 bits per heavy atom. The van der Waals surface area contributed by atoms with Gasteiger partial charge in [-0.25, -0.2) is 14.6 Å². The van der Waals surface area contributed by atoms with Gasteiger partial charge >= 0.3 is 18.1 Å². The number of fused-ring (bicyclic) bond motifs is 1. The third-order valence-corrected chi connectivity index (χ3v) is 6.04. The van der Waals surface area contributed by atoms with Gasteiger partial charge in [-0.2, -0.15) is 18.2 Å². The molecule has 1 aromatic carbocycles. The Morgan fingerprint density at radius 2 is 1.94 bits per heavy atom. The summed E-state index contributed by atoms with van der Waals surface area (Å²) in [5.74, 6) is -1.62. The first kappa shape index (κ1) is 23.5. The molecule has 0 fully saturated rings. The van der Waals surface area contributed by atoms with Gasteiger partial charge in [0.15, 0.2) is 0 Å². The number of carbonyl (C=O) groups is 2. The van der Waals surface area contributed by atoms with Crippen LogP contribution in [-0.4, -0.2) is 42.4 Å². The van der Waals surface area contributed by atoms with Crippen molar-refractivity contribution in [1.29, 1.82) is 0 Å². The second-order valence-electron chi connectivity index (χ2n) is 7.19. The minimum Gasteiger partial charge on any atom is -0.466 e. The first-order chi connectivity index (χ1) is 16.2. The van der Waals surface area contributed by atoms with Crippen molar-refractivity contribution in [3.63, 3.8) is 0 Å².